The van der Waals surface area contributed by atoms with Crippen molar-refractivity contribution >= 4 is 11.7 Å². The molecule has 0 aliphatic heterocycles. The second-order valence-electron chi connectivity index (χ2n) is 5.63. The molecule has 0 saturated carbocycles. The predicted molar refractivity (Wildman–Crippen MR) is 73.1 cm³/mol. The van der Waals surface area contributed by atoms with E-state index in [1.807, 2.05) is 27.7 Å². The summed E-state index contributed by atoms with van der Waals surface area (Å²) in [5.74, 6) is 0.573. The second kappa shape index (κ2) is 6.06. The minimum atomic E-state index is -0.604. The van der Waals surface area contributed by atoms with Gasteiger partial charge in [0.2, 0.25) is 0 Å². The standard InChI is InChI=1S/C13H23N3O3/c1-6-9-11(8(2)19-16-9)15-12(18)14-7-10(17)13(3,4)5/h10,17H,6-7H2,1-5H3,(H2,14,15,18). The molecule has 0 spiro atoms. The number of nitrogens with one attached hydrogen (secondary N) is 2. The molecule has 6 nitrogen and oxygen atoms in total. The van der Waals surface area contributed by atoms with Crippen molar-refractivity contribution < 1.29 is 14.4 Å². The average Bonchev–Trinajstić information content (AvgIpc) is 2.66. The van der Waals surface area contributed by atoms with Crippen molar-refractivity contribution in [2.24, 2.45) is 5.41 Å². The highest BCUT2D eigenvalue weighted by Crippen LogP contribution is 2.20. The van der Waals surface area contributed by atoms with Gasteiger partial charge in [-0.05, 0) is 18.8 Å². The number of aliphatic hydroxyl groups excluding tert-OH is 1. The fraction of sp³-hybridized carbons (Fsp3) is 0.692. The third-order valence-corrected chi connectivity index (χ3v) is 2.96. The summed E-state index contributed by atoms with van der Waals surface area (Å²) in [4.78, 5) is 11.8. The van der Waals surface area contributed by atoms with E-state index in [0.717, 1.165) is 0 Å². The predicted octanol–water partition coefficient (Wildman–Crippen LogP) is 2.07. The number of hydrogen-bond acceptors (Lipinski definition) is 4. The summed E-state index contributed by atoms with van der Waals surface area (Å²) < 4.78 is 5.03. The van der Waals surface area contributed by atoms with Gasteiger partial charge < -0.3 is 20.3 Å². The van der Waals surface area contributed by atoms with Crippen molar-refractivity contribution in [3.63, 3.8) is 0 Å². The number of aryl methyl sites for hydroxylation is 2. The molecule has 0 aromatic carbocycles. The summed E-state index contributed by atoms with van der Waals surface area (Å²) in [5, 5.41) is 19.0. The highest BCUT2D eigenvalue weighted by Gasteiger charge is 2.22. The molecular formula is C13H23N3O3. The van der Waals surface area contributed by atoms with E-state index < -0.39 is 6.10 Å². The number of carbonyl (C=O) groups excluding carboxylic acids is 1. The number of anilines is 1. The fourth-order valence-corrected chi connectivity index (χ4v) is 1.47. The van der Waals surface area contributed by atoms with Crippen LogP contribution in [0.2, 0.25) is 0 Å². The third-order valence-electron chi connectivity index (χ3n) is 2.96. The molecule has 0 aliphatic rings. The Kier molecular flexibility index (Phi) is 4.94. The first kappa shape index (κ1) is 15.5. The van der Waals surface area contributed by atoms with Crippen LogP contribution in [-0.2, 0) is 6.42 Å². The quantitative estimate of drug-likeness (QED) is 0.781. The van der Waals surface area contributed by atoms with Gasteiger partial charge in [0.25, 0.3) is 0 Å². The van der Waals surface area contributed by atoms with E-state index in [2.05, 4.69) is 15.8 Å². The zero-order valence-electron chi connectivity index (χ0n) is 12.2. The summed E-state index contributed by atoms with van der Waals surface area (Å²) >= 11 is 0. The molecule has 0 saturated heterocycles. The van der Waals surface area contributed by atoms with Crippen molar-refractivity contribution in [2.45, 2.75) is 47.1 Å². The normalized spacial score (nSPS) is 13.2. The topological polar surface area (TPSA) is 87.4 Å². The SMILES string of the molecule is CCc1noc(C)c1NC(=O)NCC(O)C(C)(C)C. The smallest absolute Gasteiger partial charge is 0.319 e. The van der Waals surface area contributed by atoms with Crippen LogP contribution in [0.5, 0.6) is 0 Å². The molecule has 1 unspecified atom stereocenters. The summed E-state index contributed by atoms with van der Waals surface area (Å²) in [6.07, 6.45) is 0.0739. The molecule has 6 heteroatoms. The van der Waals surface area contributed by atoms with E-state index in [1.165, 1.54) is 0 Å². The number of aromatic nitrogens is 1. The van der Waals surface area contributed by atoms with Gasteiger partial charge in [-0.25, -0.2) is 4.79 Å². The molecule has 0 bridgehead atoms. The van der Waals surface area contributed by atoms with E-state index in [1.54, 1.807) is 6.92 Å². The van der Waals surface area contributed by atoms with Crippen LogP contribution in [-0.4, -0.2) is 28.9 Å². The summed E-state index contributed by atoms with van der Waals surface area (Å²) in [6.45, 7) is 9.61. The Balaban J connectivity index is 2.54. The van der Waals surface area contributed by atoms with Crippen molar-refractivity contribution in [3.8, 4) is 0 Å². The second-order valence-corrected chi connectivity index (χ2v) is 5.63. The Labute approximate surface area is 113 Å². The molecule has 0 aliphatic carbocycles. The Hall–Kier alpha value is -1.56. The van der Waals surface area contributed by atoms with Crippen molar-refractivity contribution in [1.82, 2.24) is 10.5 Å². The Morgan fingerprint density at radius 3 is 2.63 bits per heavy atom. The molecule has 1 rings (SSSR count). The van der Waals surface area contributed by atoms with Crippen LogP contribution in [0, 0.1) is 12.3 Å². The molecular weight excluding hydrogens is 246 g/mol. The van der Waals surface area contributed by atoms with Crippen molar-refractivity contribution in [1.29, 1.82) is 0 Å². The maximum atomic E-state index is 11.8. The van der Waals surface area contributed by atoms with Crippen LogP contribution in [0.4, 0.5) is 10.5 Å². The Morgan fingerprint density at radius 2 is 2.11 bits per heavy atom. The van der Waals surface area contributed by atoms with E-state index in [0.29, 0.717) is 23.6 Å². The molecule has 1 aromatic heterocycles. The van der Waals surface area contributed by atoms with Gasteiger partial charge in [-0.1, -0.05) is 32.9 Å². The molecule has 0 fully saturated rings. The Morgan fingerprint density at radius 1 is 1.47 bits per heavy atom. The third kappa shape index (κ3) is 4.24. The van der Waals surface area contributed by atoms with E-state index in [-0.39, 0.29) is 18.0 Å². The highest BCUT2D eigenvalue weighted by atomic mass is 16.5. The number of amides is 2. The number of urea groups is 1. The molecule has 0 radical (unpaired) electrons. The lowest BCUT2D eigenvalue weighted by molar-refractivity contribution is 0.0654. The number of aliphatic hydroxyl groups is 1. The van der Waals surface area contributed by atoms with Gasteiger partial charge in [-0.2, -0.15) is 0 Å². The first-order valence-electron chi connectivity index (χ1n) is 6.43. The average molecular weight is 269 g/mol. The van der Waals surface area contributed by atoms with Crippen LogP contribution < -0.4 is 10.6 Å². The molecule has 19 heavy (non-hydrogen) atoms. The summed E-state index contributed by atoms with van der Waals surface area (Å²) in [5.41, 5.74) is 1.05. The molecule has 108 valence electrons. The van der Waals surface area contributed by atoms with E-state index >= 15 is 0 Å². The minimum absolute atomic E-state index is 0.196. The van der Waals surface area contributed by atoms with Gasteiger partial charge in [0.05, 0.1) is 6.10 Å². The van der Waals surface area contributed by atoms with Crippen LogP contribution in [0.25, 0.3) is 0 Å². The van der Waals surface area contributed by atoms with Crippen LogP contribution in [0.3, 0.4) is 0 Å². The fourth-order valence-electron chi connectivity index (χ4n) is 1.47. The Bertz CT molecular complexity index is 435. The van der Waals surface area contributed by atoms with Gasteiger partial charge in [0.1, 0.15) is 11.4 Å². The largest absolute Gasteiger partial charge is 0.391 e. The monoisotopic (exact) mass is 269 g/mol. The van der Waals surface area contributed by atoms with Gasteiger partial charge in [-0.15, -0.1) is 0 Å². The lowest BCUT2D eigenvalue weighted by Gasteiger charge is -2.25. The van der Waals surface area contributed by atoms with Gasteiger partial charge in [-0.3, -0.25) is 0 Å². The van der Waals surface area contributed by atoms with Crippen LogP contribution in [0.1, 0.15) is 39.1 Å². The first-order valence-corrected chi connectivity index (χ1v) is 6.43. The first-order chi connectivity index (χ1) is 8.75. The zero-order chi connectivity index (χ0) is 14.6. The molecule has 3 N–H and O–H groups in total. The summed E-state index contributed by atoms with van der Waals surface area (Å²) in [7, 11) is 0. The number of carbonyl (C=O) groups is 1. The minimum Gasteiger partial charge on any atom is -0.391 e. The molecule has 1 aromatic rings. The highest BCUT2D eigenvalue weighted by molar-refractivity contribution is 5.90. The van der Waals surface area contributed by atoms with E-state index in [4.69, 9.17) is 4.52 Å². The lowest BCUT2D eigenvalue weighted by atomic mass is 9.89. The van der Waals surface area contributed by atoms with Gasteiger partial charge >= 0.3 is 6.03 Å². The molecule has 1 atom stereocenters. The van der Waals surface area contributed by atoms with Gasteiger partial charge in [0, 0.05) is 6.54 Å². The number of rotatable bonds is 4. The van der Waals surface area contributed by atoms with E-state index in [9.17, 15) is 9.90 Å². The number of hydrogen-bond donors (Lipinski definition) is 3. The van der Waals surface area contributed by atoms with Crippen LogP contribution in [0.15, 0.2) is 4.52 Å². The molecule has 2 amide bonds. The number of nitrogens with zero attached hydrogens (tertiary/aromatic N) is 1. The summed E-state index contributed by atoms with van der Waals surface area (Å²) in [6, 6.07) is -0.371. The van der Waals surface area contributed by atoms with Crippen molar-refractivity contribution in [2.75, 3.05) is 11.9 Å². The lowest BCUT2D eigenvalue weighted by Crippen LogP contribution is -2.41. The van der Waals surface area contributed by atoms with Gasteiger partial charge in [0.15, 0.2) is 5.76 Å². The maximum absolute atomic E-state index is 11.8. The zero-order valence-corrected chi connectivity index (χ0v) is 12.2. The van der Waals surface area contributed by atoms with Crippen LogP contribution >= 0.6 is 0 Å². The molecule has 1 heterocycles. The maximum Gasteiger partial charge on any atom is 0.319 e. The van der Waals surface area contributed by atoms with Crippen molar-refractivity contribution in [3.05, 3.63) is 11.5 Å².